The number of likely N-dealkylation sites (N-methyl/N-ethyl adjacent to an activating group) is 1. The summed E-state index contributed by atoms with van der Waals surface area (Å²) in [5.41, 5.74) is 0.793. The molecule has 0 N–H and O–H groups in total. The zero-order valence-corrected chi connectivity index (χ0v) is 15.7. The van der Waals surface area contributed by atoms with E-state index >= 15 is 0 Å². The Bertz CT molecular complexity index is 900. The normalized spacial score (nSPS) is 15.6. The van der Waals surface area contributed by atoms with Crippen LogP contribution in [0.25, 0.3) is 0 Å². The minimum atomic E-state index is -0.728. The monoisotopic (exact) mass is 383 g/mol. The number of hydrogen-bond acceptors (Lipinski definition) is 5. The first-order valence-electron chi connectivity index (χ1n) is 9.08. The molecule has 0 spiro atoms. The van der Waals surface area contributed by atoms with Gasteiger partial charge in [0.15, 0.2) is 6.10 Å². The number of carbonyl (C=O) groups is 2. The van der Waals surface area contributed by atoms with E-state index in [1.54, 1.807) is 11.8 Å². The topological polar surface area (TPSA) is 93.0 Å². The van der Waals surface area contributed by atoms with E-state index < -0.39 is 11.0 Å². The molecule has 1 aliphatic rings. The molecule has 0 fully saturated rings. The lowest BCUT2D eigenvalue weighted by Crippen LogP contribution is -2.50. The summed E-state index contributed by atoms with van der Waals surface area (Å²) in [6.45, 7) is 3.86. The van der Waals surface area contributed by atoms with Gasteiger partial charge in [-0.25, -0.2) is 0 Å². The maximum Gasteiger partial charge on any atom is 0.271 e. The van der Waals surface area contributed by atoms with E-state index in [1.165, 1.54) is 23.1 Å². The van der Waals surface area contributed by atoms with Gasteiger partial charge in [0, 0.05) is 24.4 Å². The lowest BCUT2D eigenvalue weighted by atomic mass is 10.1. The van der Waals surface area contributed by atoms with Crippen molar-refractivity contribution in [1.29, 1.82) is 0 Å². The minimum Gasteiger partial charge on any atom is -0.478 e. The van der Waals surface area contributed by atoms with Crippen LogP contribution in [-0.2, 0) is 9.59 Å². The second-order valence-corrected chi connectivity index (χ2v) is 6.32. The number of benzene rings is 2. The van der Waals surface area contributed by atoms with Crippen LogP contribution in [0.3, 0.4) is 0 Å². The van der Waals surface area contributed by atoms with Crippen LogP contribution in [0, 0.1) is 10.1 Å². The molecule has 2 aromatic carbocycles. The lowest BCUT2D eigenvalue weighted by Gasteiger charge is -2.34. The fraction of sp³-hybridized carbons (Fsp3) is 0.300. The third-order valence-corrected chi connectivity index (χ3v) is 4.60. The lowest BCUT2D eigenvalue weighted by molar-refractivity contribution is -0.384. The van der Waals surface area contributed by atoms with Crippen LogP contribution >= 0.6 is 0 Å². The third kappa shape index (κ3) is 3.66. The molecule has 0 aromatic heterocycles. The van der Waals surface area contributed by atoms with Gasteiger partial charge in [-0.15, -0.1) is 0 Å². The third-order valence-electron chi connectivity index (χ3n) is 4.60. The molecule has 1 atom stereocenters. The molecule has 1 aliphatic heterocycles. The number of nitrogens with zero attached hydrogens (tertiary/aromatic N) is 3. The fourth-order valence-corrected chi connectivity index (χ4v) is 3.18. The summed E-state index contributed by atoms with van der Waals surface area (Å²) < 4.78 is 5.67. The van der Waals surface area contributed by atoms with Gasteiger partial charge in [-0.05, 0) is 31.5 Å². The summed E-state index contributed by atoms with van der Waals surface area (Å²) in [4.78, 5) is 39.3. The Morgan fingerprint density at radius 3 is 2.54 bits per heavy atom. The van der Waals surface area contributed by atoms with E-state index in [9.17, 15) is 19.7 Å². The highest BCUT2D eigenvalue weighted by Gasteiger charge is 2.36. The van der Waals surface area contributed by atoms with Crippen LogP contribution in [0.15, 0.2) is 48.5 Å². The molecule has 0 radical (unpaired) electrons. The predicted molar refractivity (Wildman–Crippen MR) is 105 cm³/mol. The van der Waals surface area contributed by atoms with E-state index in [2.05, 4.69) is 0 Å². The number of nitro benzene ring substituents is 1. The summed E-state index contributed by atoms with van der Waals surface area (Å²) in [5, 5.41) is 11.1. The van der Waals surface area contributed by atoms with Crippen molar-refractivity contribution in [2.75, 3.05) is 22.9 Å². The standard InChI is InChI=1S/C20H21N3O5/c1-3-17-20(25)22(16-12-15(23(26)27)10-11-18(16)28-17)13-19(24)21(4-2)14-8-6-5-7-9-14/h5-12,17H,3-4,13H2,1-2H3. The molecule has 0 saturated carbocycles. The van der Waals surface area contributed by atoms with Gasteiger partial charge in [0.1, 0.15) is 12.3 Å². The molecule has 1 unspecified atom stereocenters. The smallest absolute Gasteiger partial charge is 0.271 e. The number of carbonyl (C=O) groups excluding carboxylic acids is 2. The van der Waals surface area contributed by atoms with Crippen molar-refractivity contribution >= 4 is 28.9 Å². The van der Waals surface area contributed by atoms with Crippen molar-refractivity contribution in [3.63, 3.8) is 0 Å². The Labute approximate surface area is 162 Å². The molecule has 1 heterocycles. The number of para-hydroxylation sites is 1. The molecule has 146 valence electrons. The van der Waals surface area contributed by atoms with Crippen LogP contribution < -0.4 is 14.5 Å². The van der Waals surface area contributed by atoms with Crippen molar-refractivity contribution in [3.05, 3.63) is 58.6 Å². The Morgan fingerprint density at radius 1 is 1.21 bits per heavy atom. The second kappa shape index (κ2) is 8.08. The number of hydrogen-bond donors (Lipinski definition) is 0. The number of rotatable bonds is 6. The van der Waals surface area contributed by atoms with Gasteiger partial charge in [0.05, 0.1) is 10.6 Å². The van der Waals surface area contributed by atoms with Gasteiger partial charge in [0.2, 0.25) is 5.91 Å². The highest BCUT2D eigenvalue weighted by Crippen LogP contribution is 2.37. The van der Waals surface area contributed by atoms with E-state index in [4.69, 9.17) is 4.74 Å². The van der Waals surface area contributed by atoms with Gasteiger partial charge >= 0.3 is 0 Å². The Hall–Kier alpha value is -3.42. The summed E-state index contributed by atoms with van der Waals surface area (Å²) >= 11 is 0. The highest BCUT2D eigenvalue weighted by molar-refractivity contribution is 6.07. The van der Waals surface area contributed by atoms with Gasteiger partial charge in [0.25, 0.3) is 11.6 Å². The molecular weight excluding hydrogens is 362 g/mol. The molecule has 0 bridgehead atoms. The first kappa shape index (κ1) is 19.3. The maximum absolute atomic E-state index is 13.0. The van der Waals surface area contributed by atoms with Crippen LogP contribution in [0.5, 0.6) is 5.75 Å². The Balaban J connectivity index is 1.95. The van der Waals surface area contributed by atoms with Crippen molar-refractivity contribution in [1.82, 2.24) is 0 Å². The summed E-state index contributed by atoms with van der Waals surface area (Å²) in [6.07, 6.45) is -0.301. The largest absolute Gasteiger partial charge is 0.478 e. The number of amides is 2. The summed E-state index contributed by atoms with van der Waals surface area (Å²) in [6, 6.07) is 13.2. The number of fused-ring (bicyclic) bond motifs is 1. The van der Waals surface area contributed by atoms with Gasteiger partial charge in [-0.2, -0.15) is 0 Å². The minimum absolute atomic E-state index is 0.169. The first-order valence-corrected chi connectivity index (χ1v) is 9.08. The SMILES string of the molecule is CCC1Oc2ccc([N+](=O)[O-])cc2N(CC(=O)N(CC)c2ccccc2)C1=O. The van der Waals surface area contributed by atoms with Gasteiger partial charge < -0.3 is 9.64 Å². The fourth-order valence-electron chi connectivity index (χ4n) is 3.18. The van der Waals surface area contributed by atoms with Crippen LogP contribution in [0.4, 0.5) is 17.1 Å². The average molecular weight is 383 g/mol. The molecule has 0 saturated heterocycles. The second-order valence-electron chi connectivity index (χ2n) is 6.32. The van der Waals surface area contributed by atoms with E-state index in [0.717, 1.165) is 5.69 Å². The number of non-ortho nitro benzene ring substituents is 1. The van der Waals surface area contributed by atoms with Gasteiger partial charge in [-0.1, -0.05) is 25.1 Å². The molecule has 2 amide bonds. The average Bonchev–Trinajstić information content (AvgIpc) is 2.70. The van der Waals surface area contributed by atoms with Crippen molar-refractivity contribution in [2.24, 2.45) is 0 Å². The van der Waals surface area contributed by atoms with Crippen LogP contribution in [0.1, 0.15) is 20.3 Å². The number of nitro groups is 1. The van der Waals surface area contributed by atoms with Crippen molar-refractivity contribution in [3.8, 4) is 5.75 Å². The van der Waals surface area contributed by atoms with E-state index in [1.807, 2.05) is 37.3 Å². The molecule has 2 aromatic rings. The summed E-state index contributed by atoms with van der Waals surface area (Å²) in [7, 11) is 0. The zero-order chi connectivity index (χ0) is 20.3. The van der Waals surface area contributed by atoms with Crippen molar-refractivity contribution in [2.45, 2.75) is 26.4 Å². The number of anilines is 2. The van der Waals surface area contributed by atoms with Crippen LogP contribution in [-0.4, -0.2) is 35.9 Å². The van der Waals surface area contributed by atoms with Crippen molar-refractivity contribution < 1.29 is 19.2 Å². The molecule has 3 rings (SSSR count). The molecule has 0 aliphatic carbocycles. The molecule has 28 heavy (non-hydrogen) atoms. The zero-order valence-electron chi connectivity index (χ0n) is 15.7. The predicted octanol–water partition coefficient (Wildman–Crippen LogP) is 3.15. The van der Waals surface area contributed by atoms with E-state index in [0.29, 0.717) is 18.7 Å². The molecular formula is C20H21N3O5. The maximum atomic E-state index is 13.0. The number of ether oxygens (including phenoxy) is 1. The quantitative estimate of drug-likeness (QED) is 0.564. The van der Waals surface area contributed by atoms with Gasteiger partial charge in [-0.3, -0.25) is 24.6 Å². The Kier molecular flexibility index (Phi) is 5.58. The highest BCUT2D eigenvalue weighted by atomic mass is 16.6. The van der Waals surface area contributed by atoms with Crippen LogP contribution in [0.2, 0.25) is 0 Å². The molecule has 8 heteroatoms. The first-order chi connectivity index (χ1) is 13.5. The Morgan fingerprint density at radius 2 is 1.93 bits per heavy atom. The van der Waals surface area contributed by atoms with E-state index in [-0.39, 0.29) is 29.7 Å². The molecule has 8 nitrogen and oxygen atoms in total. The summed E-state index contributed by atoms with van der Waals surface area (Å²) in [5.74, 6) is -0.308.